The minimum Gasteiger partial charge on any atom is -0.466 e. The van der Waals surface area contributed by atoms with E-state index in [4.69, 9.17) is 15.2 Å². The molecule has 0 heterocycles. The summed E-state index contributed by atoms with van der Waals surface area (Å²) in [5.74, 6) is -4.22. The third-order valence-electron chi connectivity index (χ3n) is 4.49. The maximum atomic E-state index is 12.6. The van der Waals surface area contributed by atoms with Gasteiger partial charge in [0.1, 0.15) is 6.04 Å². The predicted molar refractivity (Wildman–Crippen MR) is 110 cm³/mol. The third kappa shape index (κ3) is 6.30. The van der Waals surface area contributed by atoms with Crippen LogP contribution in [0.25, 0.3) is 10.8 Å². The van der Waals surface area contributed by atoms with E-state index in [-0.39, 0.29) is 19.6 Å². The van der Waals surface area contributed by atoms with E-state index in [0.717, 1.165) is 16.3 Å². The van der Waals surface area contributed by atoms with E-state index in [1.54, 1.807) is 13.8 Å². The summed E-state index contributed by atoms with van der Waals surface area (Å²) in [6.07, 6.45) is -0.458. The summed E-state index contributed by atoms with van der Waals surface area (Å²) in [6.45, 7) is 3.38. The lowest BCUT2D eigenvalue weighted by Gasteiger charge is -2.23. The molecular weight excluding hydrogens is 388 g/mol. The Morgan fingerprint density at radius 2 is 1.63 bits per heavy atom. The summed E-state index contributed by atoms with van der Waals surface area (Å²) in [5, 5.41) is 4.49. The van der Waals surface area contributed by atoms with Crippen LogP contribution in [0.4, 0.5) is 0 Å². The van der Waals surface area contributed by atoms with Gasteiger partial charge in [-0.1, -0.05) is 42.5 Å². The topological polar surface area (TPSA) is 125 Å². The number of esters is 2. The quantitative estimate of drug-likeness (QED) is 0.568. The molecule has 8 nitrogen and oxygen atoms in total. The molecule has 8 heteroatoms. The first-order valence-corrected chi connectivity index (χ1v) is 9.74. The molecule has 2 atom stereocenters. The number of carbonyl (C=O) groups excluding carboxylic acids is 4. The average Bonchev–Trinajstić information content (AvgIpc) is 2.70. The van der Waals surface area contributed by atoms with E-state index >= 15 is 0 Å². The SMILES string of the molecule is CCOC(=O)C[C@H](C(=O)OCC)[C@@H](NC(=O)Cc1ccc2ccccc2c1)C(N)=O. The second kappa shape index (κ2) is 10.9. The molecule has 0 saturated carbocycles. The fraction of sp³-hybridized carbons (Fsp3) is 0.364. The van der Waals surface area contributed by atoms with Crippen molar-refractivity contribution < 1.29 is 28.7 Å². The Hall–Kier alpha value is -3.42. The smallest absolute Gasteiger partial charge is 0.312 e. The van der Waals surface area contributed by atoms with Crippen LogP contribution in [0.5, 0.6) is 0 Å². The summed E-state index contributed by atoms with van der Waals surface area (Å²) in [4.78, 5) is 48.8. The molecule has 0 bridgehead atoms. The number of hydrogen-bond donors (Lipinski definition) is 2. The van der Waals surface area contributed by atoms with Crippen molar-refractivity contribution in [3.63, 3.8) is 0 Å². The number of primary amides is 1. The van der Waals surface area contributed by atoms with E-state index in [9.17, 15) is 19.2 Å². The summed E-state index contributed by atoms with van der Waals surface area (Å²) < 4.78 is 9.82. The van der Waals surface area contributed by atoms with Gasteiger partial charge in [-0.15, -0.1) is 0 Å². The zero-order chi connectivity index (χ0) is 22.1. The Morgan fingerprint density at radius 1 is 0.967 bits per heavy atom. The maximum Gasteiger partial charge on any atom is 0.312 e. The Balaban J connectivity index is 2.16. The fourth-order valence-electron chi connectivity index (χ4n) is 3.11. The molecule has 2 amide bonds. The molecule has 0 spiro atoms. The molecule has 0 saturated heterocycles. The number of rotatable bonds is 10. The van der Waals surface area contributed by atoms with E-state index in [0.29, 0.717) is 0 Å². The second-order valence-electron chi connectivity index (χ2n) is 6.67. The maximum absolute atomic E-state index is 12.6. The minimum absolute atomic E-state index is 0.0242. The zero-order valence-electron chi connectivity index (χ0n) is 17.1. The summed E-state index contributed by atoms with van der Waals surface area (Å²) >= 11 is 0. The van der Waals surface area contributed by atoms with Crippen LogP contribution < -0.4 is 11.1 Å². The molecular formula is C22H26N2O6. The first-order chi connectivity index (χ1) is 14.3. The lowest BCUT2D eigenvalue weighted by Crippen LogP contribution is -2.52. The Kier molecular flexibility index (Phi) is 8.34. The van der Waals surface area contributed by atoms with Crippen molar-refractivity contribution in [2.24, 2.45) is 11.7 Å². The van der Waals surface area contributed by atoms with Gasteiger partial charge in [0, 0.05) is 0 Å². The van der Waals surface area contributed by atoms with Gasteiger partial charge >= 0.3 is 11.9 Å². The number of ether oxygens (including phenoxy) is 2. The summed E-state index contributed by atoms with van der Waals surface area (Å²) in [7, 11) is 0. The van der Waals surface area contributed by atoms with E-state index < -0.39 is 42.1 Å². The molecule has 0 aliphatic rings. The van der Waals surface area contributed by atoms with E-state index in [1.165, 1.54) is 0 Å². The van der Waals surface area contributed by atoms with Crippen LogP contribution in [0.1, 0.15) is 25.8 Å². The van der Waals surface area contributed by atoms with Gasteiger partial charge in [-0.3, -0.25) is 19.2 Å². The second-order valence-corrected chi connectivity index (χ2v) is 6.67. The van der Waals surface area contributed by atoms with Gasteiger partial charge in [-0.2, -0.15) is 0 Å². The van der Waals surface area contributed by atoms with Crippen molar-refractivity contribution in [2.45, 2.75) is 32.7 Å². The molecule has 2 aromatic rings. The lowest BCUT2D eigenvalue weighted by atomic mass is 9.95. The number of amides is 2. The largest absolute Gasteiger partial charge is 0.466 e. The summed E-state index contributed by atoms with van der Waals surface area (Å²) in [6, 6.07) is 11.9. The molecule has 160 valence electrons. The van der Waals surface area contributed by atoms with Crippen LogP contribution in [-0.2, 0) is 35.1 Å². The standard InChI is InChI=1S/C22H26N2O6/c1-3-29-19(26)13-17(22(28)30-4-2)20(21(23)27)24-18(25)12-14-9-10-15-7-5-6-8-16(15)11-14/h5-11,17,20H,3-4,12-13H2,1-2H3,(H2,23,27)(H,24,25)/t17-,20+/m0/s1. The fourth-order valence-corrected chi connectivity index (χ4v) is 3.11. The van der Waals surface area contributed by atoms with Crippen LogP contribution in [0, 0.1) is 5.92 Å². The van der Waals surface area contributed by atoms with Crippen molar-refractivity contribution >= 4 is 34.5 Å². The first-order valence-electron chi connectivity index (χ1n) is 9.74. The van der Waals surface area contributed by atoms with Gasteiger partial charge in [0.25, 0.3) is 0 Å². The molecule has 30 heavy (non-hydrogen) atoms. The summed E-state index contributed by atoms with van der Waals surface area (Å²) in [5.41, 5.74) is 6.15. The van der Waals surface area contributed by atoms with Crippen molar-refractivity contribution in [1.82, 2.24) is 5.32 Å². The number of hydrogen-bond acceptors (Lipinski definition) is 6. The highest BCUT2D eigenvalue weighted by molar-refractivity contribution is 5.93. The van der Waals surface area contributed by atoms with Crippen LogP contribution in [-0.4, -0.2) is 43.0 Å². The lowest BCUT2D eigenvalue weighted by molar-refractivity contribution is -0.157. The van der Waals surface area contributed by atoms with Crippen molar-refractivity contribution in [1.29, 1.82) is 0 Å². The molecule has 0 radical (unpaired) electrons. The Labute approximate surface area is 174 Å². The van der Waals surface area contributed by atoms with E-state index in [1.807, 2.05) is 42.5 Å². The Bertz CT molecular complexity index is 927. The van der Waals surface area contributed by atoms with Gasteiger partial charge < -0.3 is 20.5 Å². The molecule has 0 fully saturated rings. The van der Waals surface area contributed by atoms with Crippen LogP contribution in [0.2, 0.25) is 0 Å². The predicted octanol–water partition coefficient (Wildman–Crippen LogP) is 1.48. The Morgan fingerprint density at radius 3 is 2.27 bits per heavy atom. The highest BCUT2D eigenvalue weighted by atomic mass is 16.5. The van der Waals surface area contributed by atoms with Crippen LogP contribution in [0.15, 0.2) is 42.5 Å². The molecule has 0 aromatic heterocycles. The van der Waals surface area contributed by atoms with Crippen molar-refractivity contribution in [3.05, 3.63) is 48.0 Å². The molecule has 2 rings (SSSR count). The van der Waals surface area contributed by atoms with Crippen molar-refractivity contribution in [2.75, 3.05) is 13.2 Å². The van der Waals surface area contributed by atoms with Gasteiger partial charge in [-0.05, 0) is 30.2 Å². The zero-order valence-corrected chi connectivity index (χ0v) is 17.1. The monoisotopic (exact) mass is 414 g/mol. The molecule has 0 aliphatic heterocycles. The molecule has 0 aliphatic carbocycles. The van der Waals surface area contributed by atoms with Crippen LogP contribution in [0.3, 0.4) is 0 Å². The highest BCUT2D eigenvalue weighted by Gasteiger charge is 2.37. The number of nitrogens with one attached hydrogen (secondary N) is 1. The van der Waals surface area contributed by atoms with Gasteiger partial charge in [0.05, 0.1) is 32.0 Å². The van der Waals surface area contributed by atoms with Gasteiger partial charge in [-0.25, -0.2) is 0 Å². The normalized spacial score (nSPS) is 12.6. The number of carbonyl (C=O) groups is 4. The third-order valence-corrected chi connectivity index (χ3v) is 4.49. The van der Waals surface area contributed by atoms with Crippen LogP contribution >= 0.6 is 0 Å². The van der Waals surface area contributed by atoms with Gasteiger partial charge in [0.2, 0.25) is 11.8 Å². The number of benzene rings is 2. The van der Waals surface area contributed by atoms with Crippen molar-refractivity contribution in [3.8, 4) is 0 Å². The molecule has 3 N–H and O–H groups in total. The molecule has 0 unspecified atom stereocenters. The molecule has 2 aromatic carbocycles. The van der Waals surface area contributed by atoms with Gasteiger partial charge in [0.15, 0.2) is 0 Å². The van der Waals surface area contributed by atoms with E-state index in [2.05, 4.69) is 5.32 Å². The first kappa shape index (κ1) is 22.9. The highest BCUT2D eigenvalue weighted by Crippen LogP contribution is 2.17. The number of nitrogens with two attached hydrogens (primary N) is 1. The number of fused-ring (bicyclic) bond motifs is 1. The average molecular weight is 414 g/mol. The minimum atomic E-state index is -1.40.